The summed E-state index contributed by atoms with van der Waals surface area (Å²) in [5, 5.41) is -0.111. The minimum absolute atomic E-state index is 0.111. The van der Waals surface area contributed by atoms with Gasteiger partial charge in [0.05, 0.1) is 10.7 Å². The molecule has 122 valence electrons. The van der Waals surface area contributed by atoms with E-state index in [1.807, 2.05) is 24.1 Å². The van der Waals surface area contributed by atoms with E-state index in [1.54, 1.807) is 12.1 Å². The lowest BCUT2D eigenvalue weighted by Gasteiger charge is -2.25. The fourth-order valence-electron chi connectivity index (χ4n) is 2.73. The number of fused-ring (bicyclic) bond motifs is 1. The third-order valence-electron chi connectivity index (χ3n) is 3.85. The first-order chi connectivity index (χ1) is 10.9. The average molecular weight is 355 g/mol. The summed E-state index contributed by atoms with van der Waals surface area (Å²) in [6.07, 6.45) is 0. The van der Waals surface area contributed by atoms with Gasteiger partial charge >= 0.3 is 0 Å². The Balaban J connectivity index is 2.17. The number of rotatable bonds is 2. The molecule has 0 unspecified atom stereocenters. The van der Waals surface area contributed by atoms with E-state index in [0.717, 1.165) is 11.6 Å². The summed E-state index contributed by atoms with van der Waals surface area (Å²) < 4.78 is 41.5. The zero-order chi connectivity index (χ0) is 16.6. The summed E-state index contributed by atoms with van der Waals surface area (Å²) in [6, 6.07) is 11.1. The fraction of sp³-hybridized carbons (Fsp3) is 0.250. The third-order valence-corrected chi connectivity index (χ3v) is 6.17. The Bertz CT molecular complexity index is 821. The molecule has 0 N–H and O–H groups in total. The van der Waals surface area contributed by atoms with Crippen LogP contribution in [0.15, 0.2) is 47.4 Å². The average Bonchev–Trinajstić information content (AvgIpc) is 2.65. The smallest absolute Gasteiger partial charge is 0.268 e. The molecular weight excluding hydrogens is 339 g/mol. The van der Waals surface area contributed by atoms with Gasteiger partial charge in [-0.15, -0.1) is 0 Å². The monoisotopic (exact) mass is 354 g/mol. The number of benzene rings is 2. The topological polar surface area (TPSA) is 40.6 Å². The number of anilines is 1. The van der Waals surface area contributed by atoms with Crippen molar-refractivity contribution in [2.24, 2.45) is 0 Å². The number of likely N-dealkylation sites (N-methyl/N-ethyl adjacent to an activating group) is 1. The second-order valence-corrected chi connectivity index (χ2v) is 7.70. The molecule has 3 rings (SSSR count). The maximum absolute atomic E-state index is 14.2. The molecule has 0 radical (unpaired) electrons. The quantitative estimate of drug-likeness (QED) is 0.832. The molecule has 2 aromatic rings. The fourth-order valence-corrected chi connectivity index (χ4v) is 4.79. The van der Waals surface area contributed by atoms with Gasteiger partial charge in [-0.2, -0.15) is 0 Å². The van der Waals surface area contributed by atoms with Gasteiger partial charge in [0.2, 0.25) is 0 Å². The first kappa shape index (κ1) is 16.2. The number of para-hydroxylation sites is 1. The molecule has 7 heteroatoms. The molecule has 1 heterocycles. The van der Waals surface area contributed by atoms with Crippen LogP contribution in [0.2, 0.25) is 5.02 Å². The minimum Gasteiger partial charge on any atom is -0.300 e. The standard InChI is InChI=1S/C16H16ClFN2O2S/c1-19-9-10-20(15-8-3-2-5-12(15)11-19)23(21,22)16-13(17)6-4-7-14(16)18/h2-8H,9-11H2,1H3. The zero-order valence-corrected chi connectivity index (χ0v) is 14.1. The van der Waals surface area contributed by atoms with Crippen LogP contribution in [0.25, 0.3) is 0 Å². The Labute approximate surface area is 140 Å². The Morgan fingerprint density at radius 1 is 1.09 bits per heavy atom. The summed E-state index contributed by atoms with van der Waals surface area (Å²) in [4.78, 5) is 1.55. The molecule has 1 aliphatic heterocycles. The summed E-state index contributed by atoms with van der Waals surface area (Å²) in [5.74, 6) is -0.840. The molecule has 4 nitrogen and oxygen atoms in total. The highest BCUT2D eigenvalue weighted by Gasteiger charge is 2.32. The summed E-state index contributed by atoms with van der Waals surface area (Å²) in [7, 11) is -2.16. The van der Waals surface area contributed by atoms with Crippen molar-refractivity contribution in [3.8, 4) is 0 Å². The van der Waals surface area contributed by atoms with Crippen LogP contribution in [0.1, 0.15) is 5.56 Å². The van der Waals surface area contributed by atoms with Crippen molar-refractivity contribution >= 4 is 27.3 Å². The highest BCUT2D eigenvalue weighted by Crippen LogP contribution is 2.33. The predicted molar refractivity (Wildman–Crippen MR) is 88.7 cm³/mol. The van der Waals surface area contributed by atoms with Crippen LogP contribution in [-0.2, 0) is 16.6 Å². The number of hydrogen-bond acceptors (Lipinski definition) is 3. The van der Waals surface area contributed by atoms with Crippen LogP contribution in [0.4, 0.5) is 10.1 Å². The number of halogens is 2. The molecule has 0 bridgehead atoms. The molecule has 0 atom stereocenters. The summed E-state index contributed by atoms with van der Waals surface area (Å²) >= 11 is 5.97. The van der Waals surface area contributed by atoms with Crippen molar-refractivity contribution in [1.82, 2.24) is 4.90 Å². The van der Waals surface area contributed by atoms with Crippen molar-refractivity contribution in [3.05, 3.63) is 58.9 Å². The second kappa shape index (κ2) is 6.11. The van der Waals surface area contributed by atoms with Gasteiger partial charge < -0.3 is 4.90 Å². The Kier molecular flexibility index (Phi) is 4.31. The molecule has 0 aromatic heterocycles. The predicted octanol–water partition coefficient (Wildman–Crippen LogP) is 3.12. The number of hydrogen-bond donors (Lipinski definition) is 0. The van der Waals surface area contributed by atoms with Gasteiger partial charge in [0.25, 0.3) is 10.0 Å². The lowest BCUT2D eigenvalue weighted by molar-refractivity contribution is 0.344. The van der Waals surface area contributed by atoms with E-state index in [2.05, 4.69) is 0 Å². The van der Waals surface area contributed by atoms with Crippen molar-refractivity contribution in [2.75, 3.05) is 24.4 Å². The van der Waals surface area contributed by atoms with Crippen LogP contribution >= 0.6 is 11.6 Å². The van der Waals surface area contributed by atoms with E-state index in [4.69, 9.17) is 11.6 Å². The highest BCUT2D eigenvalue weighted by atomic mass is 35.5. The van der Waals surface area contributed by atoms with Crippen molar-refractivity contribution in [1.29, 1.82) is 0 Å². The Morgan fingerprint density at radius 2 is 1.83 bits per heavy atom. The van der Waals surface area contributed by atoms with Gasteiger partial charge in [0, 0.05) is 19.6 Å². The van der Waals surface area contributed by atoms with E-state index in [9.17, 15) is 12.8 Å². The maximum Gasteiger partial charge on any atom is 0.268 e. The van der Waals surface area contributed by atoms with Gasteiger partial charge in [-0.3, -0.25) is 4.31 Å². The van der Waals surface area contributed by atoms with E-state index >= 15 is 0 Å². The molecule has 0 spiro atoms. The molecule has 1 aliphatic rings. The molecule has 0 fully saturated rings. The molecule has 23 heavy (non-hydrogen) atoms. The van der Waals surface area contributed by atoms with E-state index < -0.39 is 20.7 Å². The number of nitrogens with zero attached hydrogens (tertiary/aromatic N) is 2. The molecular formula is C16H16ClFN2O2S. The van der Waals surface area contributed by atoms with Gasteiger partial charge in [-0.25, -0.2) is 12.8 Å². The molecule has 0 aliphatic carbocycles. The first-order valence-electron chi connectivity index (χ1n) is 7.14. The molecule has 0 saturated heterocycles. The Hall–Kier alpha value is -1.63. The van der Waals surface area contributed by atoms with Crippen LogP contribution in [-0.4, -0.2) is 33.5 Å². The zero-order valence-electron chi connectivity index (χ0n) is 12.5. The lowest BCUT2D eigenvalue weighted by Crippen LogP contribution is -2.35. The van der Waals surface area contributed by atoms with Gasteiger partial charge in [-0.05, 0) is 30.8 Å². The largest absolute Gasteiger partial charge is 0.300 e. The molecule has 2 aromatic carbocycles. The SMILES string of the molecule is CN1CCN(S(=O)(=O)c2c(F)cccc2Cl)c2ccccc2C1. The van der Waals surface area contributed by atoms with Gasteiger partial charge in [0.15, 0.2) is 0 Å². The summed E-state index contributed by atoms with van der Waals surface area (Å²) in [5.41, 5.74) is 1.44. The van der Waals surface area contributed by atoms with Crippen molar-refractivity contribution in [3.63, 3.8) is 0 Å². The van der Waals surface area contributed by atoms with E-state index in [0.29, 0.717) is 18.8 Å². The lowest BCUT2D eigenvalue weighted by atomic mass is 10.2. The van der Waals surface area contributed by atoms with E-state index in [1.165, 1.54) is 16.4 Å². The van der Waals surface area contributed by atoms with Gasteiger partial charge in [0.1, 0.15) is 10.7 Å². The first-order valence-corrected chi connectivity index (χ1v) is 8.96. The van der Waals surface area contributed by atoms with Crippen LogP contribution < -0.4 is 4.31 Å². The van der Waals surface area contributed by atoms with Crippen molar-refractivity contribution in [2.45, 2.75) is 11.4 Å². The molecule has 0 saturated carbocycles. The third kappa shape index (κ3) is 2.94. The summed E-state index contributed by atoms with van der Waals surface area (Å²) in [6.45, 7) is 1.41. The molecule has 0 amide bonds. The second-order valence-electron chi connectivity index (χ2n) is 5.49. The van der Waals surface area contributed by atoms with Crippen molar-refractivity contribution < 1.29 is 12.8 Å². The van der Waals surface area contributed by atoms with Crippen LogP contribution in [0.3, 0.4) is 0 Å². The van der Waals surface area contributed by atoms with E-state index in [-0.39, 0.29) is 11.6 Å². The number of sulfonamides is 1. The van der Waals surface area contributed by atoms with Crippen LogP contribution in [0, 0.1) is 5.82 Å². The maximum atomic E-state index is 14.2. The van der Waals surface area contributed by atoms with Crippen LogP contribution in [0.5, 0.6) is 0 Å². The van der Waals surface area contributed by atoms with Gasteiger partial charge in [-0.1, -0.05) is 35.9 Å². The Morgan fingerprint density at radius 3 is 2.57 bits per heavy atom. The minimum atomic E-state index is -4.08. The highest BCUT2D eigenvalue weighted by molar-refractivity contribution is 7.93. The normalized spacial score (nSPS) is 16.0.